The Morgan fingerprint density at radius 1 is 1.05 bits per heavy atom. The smallest absolute Gasteiger partial charge is 0.175 e. The average molecular weight is 303 g/mol. The molecule has 0 aliphatic heterocycles. The van der Waals surface area contributed by atoms with Gasteiger partial charge >= 0.3 is 0 Å². The lowest BCUT2D eigenvalue weighted by Gasteiger charge is -2.19. The van der Waals surface area contributed by atoms with Crippen LogP contribution in [0.15, 0.2) is 53.4 Å². The molecule has 1 N–H and O–H groups in total. The third-order valence-electron chi connectivity index (χ3n) is 3.43. The SMILES string of the molecule is CCNC(c1ccc(S(C)(=O)=O)cc1)c1cccc(C)c1. The summed E-state index contributed by atoms with van der Waals surface area (Å²) in [7, 11) is -3.15. The fourth-order valence-electron chi connectivity index (χ4n) is 2.39. The summed E-state index contributed by atoms with van der Waals surface area (Å²) in [5.74, 6) is 0. The lowest BCUT2D eigenvalue weighted by molar-refractivity contribution is 0.601. The van der Waals surface area contributed by atoms with Gasteiger partial charge in [0.2, 0.25) is 0 Å². The van der Waals surface area contributed by atoms with E-state index in [4.69, 9.17) is 0 Å². The van der Waals surface area contributed by atoms with Crippen molar-refractivity contribution in [2.75, 3.05) is 12.8 Å². The predicted octanol–water partition coefficient (Wildman–Crippen LogP) is 3.10. The quantitative estimate of drug-likeness (QED) is 0.923. The normalized spacial score (nSPS) is 13.1. The molecule has 2 aromatic carbocycles. The highest BCUT2D eigenvalue weighted by atomic mass is 32.2. The number of aryl methyl sites for hydroxylation is 1. The standard InChI is InChI=1S/C17H21NO2S/c1-4-18-17(15-7-5-6-13(2)12-15)14-8-10-16(11-9-14)21(3,19)20/h5-12,17-18H,4H2,1-3H3. The molecule has 0 amide bonds. The lowest BCUT2D eigenvalue weighted by Crippen LogP contribution is -2.22. The molecule has 0 fully saturated rings. The minimum atomic E-state index is -3.15. The van der Waals surface area contributed by atoms with Crippen molar-refractivity contribution in [2.45, 2.75) is 24.8 Å². The predicted molar refractivity (Wildman–Crippen MR) is 86.3 cm³/mol. The monoisotopic (exact) mass is 303 g/mol. The van der Waals surface area contributed by atoms with Crippen molar-refractivity contribution in [1.82, 2.24) is 5.32 Å². The fraction of sp³-hybridized carbons (Fsp3) is 0.294. The fourth-order valence-corrected chi connectivity index (χ4v) is 3.02. The van der Waals surface area contributed by atoms with E-state index in [0.717, 1.165) is 12.1 Å². The van der Waals surface area contributed by atoms with E-state index in [1.54, 1.807) is 12.1 Å². The molecule has 21 heavy (non-hydrogen) atoms. The molecule has 0 radical (unpaired) electrons. The Hall–Kier alpha value is -1.65. The Bertz CT molecular complexity index is 706. The van der Waals surface area contributed by atoms with Crippen LogP contribution in [0.4, 0.5) is 0 Å². The molecule has 0 saturated carbocycles. The van der Waals surface area contributed by atoms with Gasteiger partial charge in [0.15, 0.2) is 9.84 Å². The minimum absolute atomic E-state index is 0.0727. The van der Waals surface area contributed by atoms with Gasteiger partial charge in [-0.1, -0.05) is 48.9 Å². The molecule has 0 aliphatic carbocycles. The molecule has 0 aliphatic rings. The van der Waals surface area contributed by atoms with Crippen LogP contribution in [0, 0.1) is 6.92 Å². The largest absolute Gasteiger partial charge is 0.307 e. The average Bonchev–Trinajstić information content (AvgIpc) is 2.44. The van der Waals surface area contributed by atoms with Crippen molar-refractivity contribution >= 4 is 9.84 Å². The first-order chi connectivity index (χ1) is 9.91. The van der Waals surface area contributed by atoms with Crippen LogP contribution >= 0.6 is 0 Å². The van der Waals surface area contributed by atoms with E-state index in [2.05, 4.69) is 37.4 Å². The molecule has 4 heteroatoms. The van der Waals surface area contributed by atoms with Gasteiger partial charge < -0.3 is 5.32 Å². The number of hydrogen-bond donors (Lipinski definition) is 1. The summed E-state index contributed by atoms with van der Waals surface area (Å²) in [6.07, 6.45) is 1.23. The van der Waals surface area contributed by atoms with Crippen molar-refractivity contribution < 1.29 is 8.42 Å². The Kier molecular flexibility index (Phi) is 4.80. The van der Waals surface area contributed by atoms with Crippen LogP contribution in [0.25, 0.3) is 0 Å². The summed E-state index contributed by atoms with van der Waals surface area (Å²) in [5, 5.41) is 3.45. The number of rotatable bonds is 5. The first-order valence-electron chi connectivity index (χ1n) is 7.02. The van der Waals surface area contributed by atoms with Gasteiger partial charge in [-0.15, -0.1) is 0 Å². The maximum absolute atomic E-state index is 11.5. The highest BCUT2D eigenvalue weighted by molar-refractivity contribution is 7.90. The second kappa shape index (κ2) is 6.41. The molecule has 1 atom stereocenters. The van der Waals surface area contributed by atoms with Gasteiger partial charge in [0.25, 0.3) is 0 Å². The minimum Gasteiger partial charge on any atom is -0.307 e. The number of hydrogen-bond acceptors (Lipinski definition) is 3. The molecule has 0 spiro atoms. The van der Waals surface area contributed by atoms with Gasteiger partial charge in [-0.25, -0.2) is 8.42 Å². The van der Waals surface area contributed by atoms with Crippen molar-refractivity contribution in [3.8, 4) is 0 Å². The third kappa shape index (κ3) is 3.93. The molecule has 3 nitrogen and oxygen atoms in total. The molecule has 2 rings (SSSR count). The van der Waals surface area contributed by atoms with Crippen LogP contribution in [0.5, 0.6) is 0 Å². The van der Waals surface area contributed by atoms with Gasteiger partial charge in [-0.05, 0) is 36.7 Å². The molecular weight excluding hydrogens is 282 g/mol. The van der Waals surface area contributed by atoms with E-state index in [-0.39, 0.29) is 6.04 Å². The van der Waals surface area contributed by atoms with Gasteiger partial charge in [0.05, 0.1) is 10.9 Å². The molecule has 2 aromatic rings. The Labute approximate surface area is 126 Å². The van der Waals surface area contributed by atoms with Crippen LogP contribution in [0.2, 0.25) is 0 Å². The van der Waals surface area contributed by atoms with E-state index in [9.17, 15) is 8.42 Å². The van der Waals surface area contributed by atoms with Crippen LogP contribution < -0.4 is 5.32 Å². The van der Waals surface area contributed by atoms with Gasteiger partial charge in [-0.3, -0.25) is 0 Å². The van der Waals surface area contributed by atoms with E-state index in [0.29, 0.717) is 4.90 Å². The van der Waals surface area contributed by atoms with Crippen molar-refractivity contribution in [1.29, 1.82) is 0 Å². The summed E-state index contributed by atoms with van der Waals surface area (Å²) in [6, 6.07) is 15.5. The van der Waals surface area contributed by atoms with E-state index < -0.39 is 9.84 Å². The second-order valence-electron chi connectivity index (χ2n) is 5.25. The van der Waals surface area contributed by atoms with E-state index in [1.807, 2.05) is 18.2 Å². The highest BCUT2D eigenvalue weighted by Crippen LogP contribution is 2.24. The second-order valence-corrected chi connectivity index (χ2v) is 7.26. The summed E-state index contributed by atoms with van der Waals surface area (Å²) in [5.41, 5.74) is 3.46. The maximum atomic E-state index is 11.5. The number of sulfone groups is 1. The van der Waals surface area contributed by atoms with E-state index in [1.165, 1.54) is 17.4 Å². The zero-order chi connectivity index (χ0) is 15.5. The van der Waals surface area contributed by atoms with Crippen LogP contribution in [-0.4, -0.2) is 21.2 Å². The topological polar surface area (TPSA) is 46.2 Å². The first-order valence-corrected chi connectivity index (χ1v) is 8.91. The third-order valence-corrected chi connectivity index (χ3v) is 4.55. The van der Waals surface area contributed by atoms with Gasteiger partial charge in [0, 0.05) is 6.26 Å². The number of benzene rings is 2. The van der Waals surface area contributed by atoms with Crippen LogP contribution in [0.1, 0.15) is 29.7 Å². The summed E-state index contributed by atoms with van der Waals surface area (Å²) < 4.78 is 23.1. The Morgan fingerprint density at radius 3 is 2.24 bits per heavy atom. The molecule has 0 heterocycles. The van der Waals surface area contributed by atoms with Crippen molar-refractivity contribution in [3.05, 3.63) is 65.2 Å². The van der Waals surface area contributed by atoms with Crippen molar-refractivity contribution in [3.63, 3.8) is 0 Å². The van der Waals surface area contributed by atoms with Gasteiger partial charge in [0.1, 0.15) is 0 Å². The Morgan fingerprint density at radius 2 is 1.71 bits per heavy atom. The first kappa shape index (κ1) is 15.7. The lowest BCUT2D eigenvalue weighted by atomic mass is 9.97. The maximum Gasteiger partial charge on any atom is 0.175 e. The molecule has 1 unspecified atom stereocenters. The Balaban J connectivity index is 2.39. The molecular formula is C17H21NO2S. The van der Waals surface area contributed by atoms with Crippen LogP contribution in [0.3, 0.4) is 0 Å². The zero-order valence-electron chi connectivity index (χ0n) is 12.6. The summed E-state index contributed by atoms with van der Waals surface area (Å²) in [4.78, 5) is 0.353. The summed E-state index contributed by atoms with van der Waals surface area (Å²) in [6.45, 7) is 4.97. The zero-order valence-corrected chi connectivity index (χ0v) is 13.4. The van der Waals surface area contributed by atoms with E-state index >= 15 is 0 Å². The molecule has 0 aromatic heterocycles. The van der Waals surface area contributed by atoms with Crippen molar-refractivity contribution in [2.24, 2.45) is 0 Å². The highest BCUT2D eigenvalue weighted by Gasteiger charge is 2.14. The summed E-state index contributed by atoms with van der Waals surface area (Å²) >= 11 is 0. The van der Waals surface area contributed by atoms with Gasteiger partial charge in [-0.2, -0.15) is 0 Å². The number of nitrogens with one attached hydrogen (secondary N) is 1. The molecule has 0 saturated heterocycles. The van der Waals surface area contributed by atoms with Crippen LogP contribution in [-0.2, 0) is 9.84 Å². The molecule has 112 valence electrons. The molecule has 0 bridgehead atoms.